The predicted molar refractivity (Wildman–Crippen MR) is 107 cm³/mol. The van der Waals surface area contributed by atoms with Crippen LogP contribution in [-0.4, -0.2) is 15.6 Å². The number of aromatic hydroxyl groups is 1. The Morgan fingerprint density at radius 2 is 1.96 bits per heavy atom. The molecule has 4 rings (SSSR count). The van der Waals surface area contributed by atoms with Crippen LogP contribution in [0.1, 0.15) is 10.4 Å². The molecule has 26 heavy (non-hydrogen) atoms. The Labute approximate surface area is 166 Å². The first-order chi connectivity index (χ1) is 12.5. The third-order valence-corrected chi connectivity index (χ3v) is 6.18. The second-order valence-corrected chi connectivity index (χ2v) is 8.42. The molecule has 0 radical (unpaired) electrons. The molecule has 1 aliphatic heterocycles. The van der Waals surface area contributed by atoms with Gasteiger partial charge in [0, 0.05) is 16.2 Å². The van der Waals surface area contributed by atoms with E-state index in [9.17, 15) is 9.90 Å². The average Bonchev–Trinajstić information content (AvgIpc) is 3.09. The standard InChI is InChI=1S/C19H13BrN2O2S2/c20-12-6-7-14-13(10-12)15(17(23)21-14)16-18(24)22(19(25)26-16)9-8-11-4-2-1-3-5-11/h1-7,10,24H,8-9H2. The molecule has 4 nitrogen and oxygen atoms in total. The molecule has 0 saturated heterocycles. The molecule has 1 amide bonds. The van der Waals surface area contributed by atoms with Crippen LogP contribution in [0.4, 0.5) is 0 Å². The minimum Gasteiger partial charge on any atom is -0.493 e. The van der Waals surface area contributed by atoms with Crippen molar-refractivity contribution in [1.29, 1.82) is 0 Å². The minimum atomic E-state index is -0.347. The molecular weight excluding hydrogens is 432 g/mol. The number of hydrogen-bond acceptors (Lipinski definition) is 4. The number of carbonyl (C=O) groups excluding carboxylic acids is 1. The SMILES string of the molecule is O=C1N=c2ccc(Br)cc2=C1c1sc(=S)n(CCc2ccccc2)c1O. The van der Waals surface area contributed by atoms with Crippen LogP contribution < -0.4 is 10.6 Å². The van der Waals surface area contributed by atoms with Gasteiger partial charge in [-0.2, -0.15) is 0 Å². The lowest BCUT2D eigenvalue weighted by Crippen LogP contribution is -2.22. The van der Waals surface area contributed by atoms with Gasteiger partial charge in [0.05, 0.1) is 10.9 Å². The molecule has 3 aromatic rings. The molecule has 7 heteroatoms. The largest absolute Gasteiger partial charge is 0.493 e. The quantitative estimate of drug-likeness (QED) is 0.627. The van der Waals surface area contributed by atoms with Crippen molar-refractivity contribution in [3.63, 3.8) is 0 Å². The van der Waals surface area contributed by atoms with E-state index in [1.54, 1.807) is 10.6 Å². The summed E-state index contributed by atoms with van der Waals surface area (Å²) in [6.07, 6.45) is 0.745. The fourth-order valence-corrected chi connectivity index (χ4v) is 4.70. The number of fused-ring (bicyclic) bond motifs is 1. The maximum atomic E-state index is 12.4. The molecule has 0 aliphatic carbocycles. The van der Waals surface area contributed by atoms with Crippen LogP contribution in [0.2, 0.25) is 0 Å². The van der Waals surface area contributed by atoms with Crippen LogP contribution in [0.3, 0.4) is 0 Å². The Morgan fingerprint density at radius 1 is 1.19 bits per heavy atom. The van der Waals surface area contributed by atoms with Gasteiger partial charge in [-0.1, -0.05) is 46.3 Å². The third-order valence-electron chi connectivity index (χ3n) is 4.23. The molecule has 1 aliphatic rings. The highest BCUT2D eigenvalue weighted by atomic mass is 79.9. The molecule has 0 saturated carbocycles. The van der Waals surface area contributed by atoms with Crippen molar-refractivity contribution < 1.29 is 9.90 Å². The summed E-state index contributed by atoms with van der Waals surface area (Å²) < 4.78 is 3.07. The topological polar surface area (TPSA) is 54.6 Å². The maximum Gasteiger partial charge on any atom is 0.279 e. The van der Waals surface area contributed by atoms with E-state index in [-0.39, 0.29) is 11.8 Å². The molecule has 0 fully saturated rings. The fourth-order valence-electron chi connectivity index (χ4n) is 2.95. The fraction of sp³-hybridized carbons (Fsp3) is 0.105. The zero-order valence-corrected chi connectivity index (χ0v) is 16.7. The van der Waals surface area contributed by atoms with Crippen molar-refractivity contribution >= 4 is 51.0 Å². The molecule has 0 bridgehead atoms. The Kier molecular flexibility index (Phi) is 4.60. The molecule has 0 atom stereocenters. The van der Waals surface area contributed by atoms with Crippen LogP contribution in [0, 0.1) is 3.95 Å². The summed E-state index contributed by atoms with van der Waals surface area (Å²) in [6.45, 7) is 0.551. The van der Waals surface area contributed by atoms with E-state index >= 15 is 0 Å². The van der Waals surface area contributed by atoms with Crippen LogP contribution in [0.25, 0.3) is 5.57 Å². The number of rotatable bonds is 4. The molecule has 2 aromatic carbocycles. The Balaban J connectivity index is 1.78. The number of halogens is 1. The maximum absolute atomic E-state index is 12.4. The van der Waals surface area contributed by atoms with Gasteiger partial charge in [0.25, 0.3) is 5.91 Å². The number of carbonyl (C=O) groups is 1. The van der Waals surface area contributed by atoms with E-state index < -0.39 is 0 Å². The number of aryl methyl sites for hydroxylation is 1. The van der Waals surface area contributed by atoms with Gasteiger partial charge in [0.1, 0.15) is 4.88 Å². The van der Waals surface area contributed by atoms with Gasteiger partial charge < -0.3 is 5.11 Å². The normalized spacial score (nSPS) is 13.0. The lowest BCUT2D eigenvalue weighted by Gasteiger charge is -2.05. The Bertz CT molecular complexity index is 1200. The zero-order chi connectivity index (χ0) is 18.3. The van der Waals surface area contributed by atoms with Crippen LogP contribution >= 0.6 is 39.5 Å². The summed E-state index contributed by atoms with van der Waals surface area (Å²) in [7, 11) is 0. The van der Waals surface area contributed by atoms with Crippen molar-refractivity contribution in [3.8, 4) is 5.88 Å². The van der Waals surface area contributed by atoms with Gasteiger partial charge in [-0.05, 0) is 42.4 Å². The first kappa shape index (κ1) is 17.3. The van der Waals surface area contributed by atoms with Crippen molar-refractivity contribution in [1.82, 2.24) is 4.57 Å². The second-order valence-electron chi connectivity index (χ2n) is 5.86. The highest BCUT2D eigenvalue weighted by Gasteiger charge is 2.25. The molecule has 0 spiro atoms. The highest BCUT2D eigenvalue weighted by Crippen LogP contribution is 2.32. The number of thiazole rings is 1. The molecule has 1 aromatic heterocycles. The number of hydrogen-bond donors (Lipinski definition) is 1. The van der Waals surface area contributed by atoms with E-state index in [1.807, 2.05) is 42.5 Å². The monoisotopic (exact) mass is 444 g/mol. The number of benzene rings is 2. The second kappa shape index (κ2) is 6.90. The first-order valence-electron chi connectivity index (χ1n) is 7.94. The Morgan fingerprint density at radius 3 is 2.73 bits per heavy atom. The summed E-state index contributed by atoms with van der Waals surface area (Å²) in [4.78, 5) is 17.0. The van der Waals surface area contributed by atoms with E-state index in [2.05, 4.69) is 20.9 Å². The summed E-state index contributed by atoms with van der Waals surface area (Å²) in [6, 6.07) is 15.5. The van der Waals surface area contributed by atoms with Crippen molar-refractivity contribution in [2.24, 2.45) is 4.99 Å². The summed E-state index contributed by atoms with van der Waals surface area (Å²) >= 11 is 10.1. The molecular formula is C19H13BrN2O2S2. The lowest BCUT2D eigenvalue weighted by molar-refractivity contribution is -0.112. The summed E-state index contributed by atoms with van der Waals surface area (Å²) in [5, 5.41) is 12.1. The van der Waals surface area contributed by atoms with Gasteiger partial charge >= 0.3 is 0 Å². The van der Waals surface area contributed by atoms with E-state index in [0.29, 0.717) is 31.5 Å². The number of nitrogens with zero attached hydrogens (tertiary/aromatic N) is 2. The Hall–Kier alpha value is -2.09. The predicted octanol–water partition coefficient (Wildman–Crippen LogP) is 3.35. The van der Waals surface area contributed by atoms with Crippen LogP contribution in [0.15, 0.2) is 58.0 Å². The van der Waals surface area contributed by atoms with Crippen LogP contribution in [0.5, 0.6) is 5.88 Å². The first-order valence-corrected chi connectivity index (χ1v) is 9.96. The smallest absolute Gasteiger partial charge is 0.279 e. The van der Waals surface area contributed by atoms with Gasteiger partial charge in [0.2, 0.25) is 5.88 Å². The van der Waals surface area contributed by atoms with Crippen LogP contribution in [-0.2, 0) is 17.8 Å². The third kappa shape index (κ3) is 3.06. The lowest BCUT2D eigenvalue weighted by atomic mass is 10.1. The average molecular weight is 445 g/mol. The number of amides is 1. The van der Waals surface area contributed by atoms with Gasteiger partial charge in [0.15, 0.2) is 3.95 Å². The molecule has 2 heterocycles. The summed E-state index contributed by atoms with van der Waals surface area (Å²) in [5.41, 5.74) is 1.57. The van der Waals surface area contributed by atoms with Crippen molar-refractivity contribution in [3.05, 3.63) is 78.0 Å². The minimum absolute atomic E-state index is 0.0299. The highest BCUT2D eigenvalue weighted by molar-refractivity contribution is 9.10. The van der Waals surface area contributed by atoms with Crippen molar-refractivity contribution in [2.45, 2.75) is 13.0 Å². The molecule has 0 unspecified atom stereocenters. The molecule has 130 valence electrons. The zero-order valence-electron chi connectivity index (χ0n) is 13.5. The number of aromatic nitrogens is 1. The van der Waals surface area contributed by atoms with Crippen molar-refractivity contribution in [2.75, 3.05) is 0 Å². The molecule has 1 N–H and O–H groups in total. The van der Waals surface area contributed by atoms with E-state index in [4.69, 9.17) is 12.2 Å². The van der Waals surface area contributed by atoms with Gasteiger partial charge in [-0.15, -0.1) is 11.3 Å². The summed E-state index contributed by atoms with van der Waals surface area (Å²) in [5.74, 6) is -0.317. The van der Waals surface area contributed by atoms with Gasteiger partial charge in [-0.25, -0.2) is 4.99 Å². The van der Waals surface area contributed by atoms with Gasteiger partial charge in [-0.3, -0.25) is 9.36 Å². The van der Waals surface area contributed by atoms with E-state index in [1.165, 1.54) is 11.3 Å². The van der Waals surface area contributed by atoms with E-state index in [0.717, 1.165) is 16.5 Å².